The van der Waals surface area contributed by atoms with Crippen LogP contribution in [0.2, 0.25) is 5.02 Å². The maximum absolute atomic E-state index is 12.0. The van der Waals surface area contributed by atoms with Gasteiger partial charge in [-0.25, -0.2) is 13.1 Å². The average molecular weight is 326 g/mol. The summed E-state index contributed by atoms with van der Waals surface area (Å²) in [5, 5.41) is 0.383. The van der Waals surface area contributed by atoms with Crippen molar-refractivity contribution in [2.24, 2.45) is 0 Å². The number of ether oxygens (including phenoxy) is 1. The van der Waals surface area contributed by atoms with E-state index >= 15 is 0 Å². The van der Waals surface area contributed by atoms with Crippen LogP contribution < -0.4 is 9.46 Å². The highest BCUT2D eigenvalue weighted by Crippen LogP contribution is 2.15. The molecular formula is C15H16ClNO3S. The van der Waals surface area contributed by atoms with Gasteiger partial charge in [-0.15, -0.1) is 0 Å². The van der Waals surface area contributed by atoms with Gasteiger partial charge in [-0.3, -0.25) is 0 Å². The monoisotopic (exact) mass is 325 g/mol. The number of hydrogen-bond donors (Lipinski definition) is 1. The van der Waals surface area contributed by atoms with E-state index in [4.69, 9.17) is 16.3 Å². The van der Waals surface area contributed by atoms with Crippen LogP contribution in [-0.2, 0) is 10.0 Å². The van der Waals surface area contributed by atoms with Crippen molar-refractivity contribution in [3.05, 3.63) is 59.1 Å². The number of hydrogen-bond acceptors (Lipinski definition) is 3. The minimum Gasteiger partial charge on any atom is -0.492 e. The van der Waals surface area contributed by atoms with Crippen molar-refractivity contribution in [1.29, 1.82) is 0 Å². The van der Waals surface area contributed by atoms with E-state index in [2.05, 4.69) is 4.72 Å². The van der Waals surface area contributed by atoms with E-state index in [0.29, 0.717) is 5.02 Å². The second kappa shape index (κ2) is 6.93. The van der Waals surface area contributed by atoms with Gasteiger partial charge in [-0.1, -0.05) is 29.8 Å². The quantitative estimate of drug-likeness (QED) is 0.831. The Balaban J connectivity index is 1.88. The minimum atomic E-state index is -3.56. The summed E-state index contributed by atoms with van der Waals surface area (Å²) in [6.45, 7) is 2.40. The molecule has 0 aliphatic heterocycles. The summed E-state index contributed by atoms with van der Waals surface area (Å²) in [6.07, 6.45) is 0. The Morgan fingerprint density at radius 2 is 1.90 bits per heavy atom. The van der Waals surface area contributed by atoms with Gasteiger partial charge in [0, 0.05) is 11.6 Å². The minimum absolute atomic E-state index is 0.144. The predicted octanol–water partition coefficient (Wildman–Crippen LogP) is 3.01. The first kappa shape index (κ1) is 15.8. The van der Waals surface area contributed by atoms with Crippen LogP contribution in [0.3, 0.4) is 0 Å². The van der Waals surface area contributed by atoms with E-state index in [1.807, 2.05) is 31.2 Å². The van der Waals surface area contributed by atoms with Gasteiger partial charge in [0.05, 0.1) is 4.90 Å². The van der Waals surface area contributed by atoms with E-state index in [0.717, 1.165) is 11.3 Å². The van der Waals surface area contributed by atoms with Crippen LogP contribution in [0.1, 0.15) is 5.56 Å². The largest absolute Gasteiger partial charge is 0.492 e. The lowest BCUT2D eigenvalue weighted by molar-refractivity contribution is 0.322. The van der Waals surface area contributed by atoms with Gasteiger partial charge in [0.25, 0.3) is 0 Å². The molecule has 0 aliphatic rings. The highest BCUT2D eigenvalue weighted by atomic mass is 35.5. The maximum atomic E-state index is 12.0. The Bertz CT molecular complexity index is 716. The molecule has 0 radical (unpaired) electrons. The molecule has 0 unspecified atom stereocenters. The lowest BCUT2D eigenvalue weighted by Crippen LogP contribution is -2.28. The third-order valence-electron chi connectivity index (χ3n) is 2.76. The van der Waals surface area contributed by atoms with Gasteiger partial charge in [0.2, 0.25) is 10.0 Å². The second-order valence-corrected chi connectivity index (χ2v) is 6.72. The Morgan fingerprint density at radius 1 is 1.14 bits per heavy atom. The molecule has 0 spiro atoms. The lowest BCUT2D eigenvalue weighted by atomic mass is 10.2. The summed E-state index contributed by atoms with van der Waals surface area (Å²) >= 11 is 5.79. The first-order chi connectivity index (χ1) is 9.97. The molecule has 0 aliphatic carbocycles. The predicted molar refractivity (Wildman–Crippen MR) is 83.3 cm³/mol. The molecule has 0 bridgehead atoms. The fourth-order valence-corrected chi connectivity index (χ4v) is 3.08. The Hall–Kier alpha value is -1.56. The van der Waals surface area contributed by atoms with Gasteiger partial charge < -0.3 is 4.74 Å². The molecule has 0 aromatic heterocycles. The second-order valence-electron chi connectivity index (χ2n) is 4.52. The first-order valence-electron chi connectivity index (χ1n) is 6.42. The zero-order valence-electron chi connectivity index (χ0n) is 11.5. The summed E-state index contributed by atoms with van der Waals surface area (Å²) in [4.78, 5) is 0.144. The van der Waals surface area contributed by atoms with Crippen LogP contribution in [-0.4, -0.2) is 21.6 Å². The highest BCUT2D eigenvalue weighted by molar-refractivity contribution is 7.89. The van der Waals surface area contributed by atoms with Crippen molar-refractivity contribution in [3.8, 4) is 5.75 Å². The fourth-order valence-electron chi connectivity index (χ4n) is 1.77. The van der Waals surface area contributed by atoms with Crippen LogP contribution in [0.4, 0.5) is 0 Å². The SMILES string of the molecule is Cc1cccc(OCCNS(=O)(=O)c2cccc(Cl)c2)c1. The standard InChI is InChI=1S/C15H16ClNO3S/c1-12-4-2-6-14(10-12)20-9-8-17-21(18,19)15-7-3-5-13(16)11-15/h2-7,10-11,17H,8-9H2,1H3. The number of nitrogens with one attached hydrogen (secondary N) is 1. The molecule has 0 saturated heterocycles. The topological polar surface area (TPSA) is 55.4 Å². The lowest BCUT2D eigenvalue weighted by Gasteiger charge is -2.09. The third-order valence-corrected chi connectivity index (χ3v) is 4.45. The molecule has 112 valence electrons. The van der Waals surface area contributed by atoms with Gasteiger partial charge in [0.15, 0.2) is 0 Å². The molecule has 2 aromatic carbocycles. The number of benzene rings is 2. The molecule has 1 N–H and O–H groups in total. The van der Waals surface area contributed by atoms with Crippen molar-refractivity contribution in [2.75, 3.05) is 13.2 Å². The van der Waals surface area contributed by atoms with Crippen molar-refractivity contribution < 1.29 is 13.2 Å². The van der Waals surface area contributed by atoms with E-state index in [-0.39, 0.29) is 18.0 Å². The van der Waals surface area contributed by atoms with Crippen LogP contribution in [0.15, 0.2) is 53.4 Å². The summed E-state index contributed by atoms with van der Waals surface area (Å²) in [7, 11) is -3.56. The van der Waals surface area contributed by atoms with Crippen LogP contribution in [0.25, 0.3) is 0 Å². The van der Waals surface area contributed by atoms with Crippen LogP contribution in [0.5, 0.6) is 5.75 Å². The summed E-state index contributed by atoms with van der Waals surface area (Å²) < 4.78 is 32.0. The van der Waals surface area contributed by atoms with Crippen molar-refractivity contribution in [2.45, 2.75) is 11.8 Å². The highest BCUT2D eigenvalue weighted by Gasteiger charge is 2.13. The van der Waals surface area contributed by atoms with Gasteiger partial charge in [0.1, 0.15) is 12.4 Å². The maximum Gasteiger partial charge on any atom is 0.240 e. The Morgan fingerprint density at radius 3 is 2.62 bits per heavy atom. The zero-order valence-corrected chi connectivity index (χ0v) is 13.1. The van der Waals surface area contributed by atoms with Gasteiger partial charge in [-0.05, 0) is 42.8 Å². The zero-order chi connectivity index (χ0) is 15.3. The van der Waals surface area contributed by atoms with Crippen molar-refractivity contribution in [1.82, 2.24) is 4.72 Å². The molecular weight excluding hydrogens is 310 g/mol. The summed E-state index contributed by atoms with van der Waals surface area (Å²) in [5.41, 5.74) is 1.09. The van der Waals surface area contributed by atoms with Crippen molar-refractivity contribution in [3.63, 3.8) is 0 Å². The number of halogens is 1. The smallest absolute Gasteiger partial charge is 0.240 e. The molecule has 4 nitrogen and oxygen atoms in total. The van der Waals surface area contributed by atoms with Gasteiger partial charge >= 0.3 is 0 Å². The average Bonchev–Trinajstić information content (AvgIpc) is 2.44. The number of aryl methyl sites for hydroxylation is 1. The molecule has 0 amide bonds. The summed E-state index contributed by atoms with van der Waals surface area (Å²) in [5.74, 6) is 0.719. The van der Waals surface area contributed by atoms with E-state index in [1.54, 1.807) is 12.1 Å². The van der Waals surface area contributed by atoms with Gasteiger partial charge in [-0.2, -0.15) is 0 Å². The van der Waals surface area contributed by atoms with E-state index in [1.165, 1.54) is 12.1 Å². The van der Waals surface area contributed by atoms with Crippen LogP contribution >= 0.6 is 11.6 Å². The molecule has 0 saturated carbocycles. The fraction of sp³-hybridized carbons (Fsp3) is 0.200. The molecule has 2 aromatic rings. The Labute approximate surface area is 129 Å². The normalized spacial score (nSPS) is 11.3. The van der Waals surface area contributed by atoms with E-state index < -0.39 is 10.0 Å². The van der Waals surface area contributed by atoms with E-state index in [9.17, 15) is 8.42 Å². The molecule has 6 heteroatoms. The third kappa shape index (κ3) is 4.74. The molecule has 2 rings (SSSR count). The molecule has 0 atom stereocenters. The Kier molecular flexibility index (Phi) is 5.22. The number of rotatable bonds is 6. The molecule has 0 heterocycles. The molecule has 0 fully saturated rings. The molecule has 21 heavy (non-hydrogen) atoms. The van der Waals surface area contributed by atoms with Crippen molar-refractivity contribution >= 4 is 21.6 Å². The first-order valence-corrected chi connectivity index (χ1v) is 8.28. The number of sulfonamides is 1. The summed E-state index contributed by atoms with van der Waals surface area (Å²) in [6, 6.07) is 13.7. The van der Waals surface area contributed by atoms with Crippen LogP contribution in [0, 0.1) is 6.92 Å².